The van der Waals surface area contributed by atoms with Gasteiger partial charge in [-0.1, -0.05) is 0 Å². The number of nitro benzene ring substituents is 1. The number of hydrogen-bond donors (Lipinski definition) is 1. The maximum atomic E-state index is 11.0. The highest BCUT2D eigenvalue weighted by Crippen LogP contribution is 2.29. The Hall–Kier alpha value is -2.15. The molecule has 2 rings (SSSR count). The van der Waals surface area contributed by atoms with E-state index in [0.29, 0.717) is 17.1 Å². The van der Waals surface area contributed by atoms with E-state index >= 15 is 0 Å². The number of hydrogen-bond acceptors (Lipinski definition) is 5. The molecule has 0 bridgehead atoms. The number of benzene rings is 1. The summed E-state index contributed by atoms with van der Waals surface area (Å²) < 4.78 is 2.23. The van der Waals surface area contributed by atoms with Gasteiger partial charge in [0.2, 0.25) is 0 Å². The lowest BCUT2D eigenvalue weighted by atomic mass is 10.2. The Morgan fingerprint density at radius 2 is 2.32 bits per heavy atom. The molecular formula is C11H8IN5O2. The van der Waals surface area contributed by atoms with Crippen molar-refractivity contribution in [1.82, 2.24) is 9.78 Å². The maximum absolute atomic E-state index is 11.0. The van der Waals surface area contributed by atoms with E-state index in [0.717, 1.165) is 3.57 Å². The van der Waals surface area contributed by atoms with Crippen LogP contribution >= 0.6 is 22.6 Å². The van der Waals surface area contributed by atoms with Crippen molar-refractivity contribution < 1.29 is 4.92 Å². The quantitative estimate of drug-likeness (QED) is 0.510. The van der Waals surface area contributed by atoms with Crippen molar-refractivity contribution in [2.45, 2.75) is 0 Å². The van der Waals surface area contributed by atoms with Crippen molar-refractivity contribution >= 4 is 39.8 Å². The fraction of sp³-hybridized carbons (Fsp3) is 0.0909. The van der Waals surface area contributed by atoms with Gasteiger partial charge in [0.05, 0.1) is 4.92 Å². The topological polar surface area (TPSA) is 96.8 Å². The number of nitriles is 1. The summed E-state index contributed by atoms with van der Waals surface area (Å²) in [5.74, 6) is 0.300. The standard InChI is InChI=1S/C11H8IN5O2/c1-16-6-7(5-13)11(15-16)14-9-3-2-8(12)4-10(9)17(18)19/h2-4,6H,1H3,(H,14,15). The number of nitrogens with zero attached hydrogens (tertiary/aromatic N) is 4. The summed E-state index contributed by atoms with van der Waals surface area (Å²) in [7, 11) is 1.67. The molecule has 8 heteroatoms. The van der Waals surface area contributed by atoms with Gasteiger partial charge in [-0.15, -0.1) is 0 Å². The number of rotatable bonds is 3. The Morgan fingerprint density at radius 1 is 1.58 bits per heavy atom. The Bertz CT molecular complexity index is 689. The predicted octanol–water partition coefficient (Wildman–Crippen LogP) is 2.55. The Kier molecular flexibility index (Phi) is 3.66. The highest BCUT2D eigenvalue weighted by molar-refractivity contribution is 14.1. The van der Waals surface area contributed by atoms with Crippen molar-refractivity contribution in [2.24, 2.45) is 7.05 Å². The minimum absolute atomic E-state index is 0.0542. The van der Waals surface area contributed by atoms with Crippen LogP contribution in [0.2, 0.25) is 0 Å². The number of nitro groups is 1. The zero-order chi connectivity index (χ0) is 14.0. The van der Waals surface area contributed by atoms with Crippen molar-refractivity contribution in [2.75, 3.05) is 5.32 Å². The van der Waals surface area contributed by atoms with E-state index < -0.39 is 4.92 Å². The first-order chi connectivity index (χ1) is 9.01. The van der Waals surface area contributed by atoms with Crippen molar-refractivity contribution in [3.63, 3.8) is 0 Å². The number of nitrogens with one attached hydrogen (secondary N) is 1. The second-order valence-corrected chi connectivity index (χ2v) is 4.97. The van der Waals surface area contributed by atoms with Crippen LogP contribution in [0.3, 0.4) is 0 Å². The molecule has 0 fully saturated rings. The molecule has 1 aromatic heterocycles. The van der Waals surface area contributed by atoms with Gasteiger partial charge >= 0.3 is 0 Å². The van der Waals surface area contributed by atoms with Gasteiger partial charge in [0.1, 0.15) is 17.3 Å². The van der Waals surface area contributed by atoms with Gasteiger partial charge < -0.3 is 5.32 Å². The first-order valence-electron chi connectivity index (χ1n) is 5.16. The molecule has 0 aliphatic rings. The summed E-state index contributed by atoms with van der Waals surface area (Å²) >= 11 is 2.00. The molecule has 96 valence electrons. The van der Waals surface area contributed by atoms with Crippen LogP contribution in [0.5, 0.6) is 0 Å². The molecular weight excluding hydrogens is 361 g/mol. The molecule has 2 aromatic rings. The molecule has 0 saturated carbocycles. The third-order valence-corrected chi connectivity index (χ3v) is 3.03. The van der Waals surface area contributed by atoms with Crippen LogP contribution in [0.15, 0.2) is 24.4 Å². The molecule has 0 amide bonds. The average Bonchev–Trinajstić information content (AvgIpc) is 2.71. The van der Waals surface area contributed by atoms with Crippen LogP contribution in [-0.2, 0) is 7.05 Å². The second kappa shape index (κ2) is 5.23. The first kappa shape index (κ1) is 13.3. The zero-order valence-electron chi connectivity index (χ0n) is 9.79. The molecule has 0 aliphatic carbocycles. The lowest BCUT2D eigenvalue weighted by Crippen LogP contribution is -1.99. The van der Waals surface area contributed by atoms with Crippen molar-refractivity contribution in [3.8, 4) is 6.07 Å². The molecule has 7 nitrogen and oxygen atoms in total. The molecule has 0 aliphatic heterocycles. The summed E-state index contributed by atoms with van der Waals surface area (Å²) in [6, 6.07) is 6.77. The Labute approximate surface area is 122 Å². The lowest BCUT2D eigenvalue weighted by molar-refractivity contribution is -0.384. The van der Waals surface area contributed by atoms with E-state index in [1.807, 2.05) is 28.7 Å². The SMILES string of the molecule is Cn1cc(C#N)c(Nc2ccc(I)cc2[N+](=O)[O-])n1. The summed E-state index contributed by atoms with van der Waals surface area (Å²) in [6.07, 6.45) is 1.54. The molecule has 1 N–H and O–H groups in total. The van der Waals surface area contributed by atoms with Crippen LogP contribution in [0.4, 0.5) is 17.2 Å². The van der Waals surface area contributed by atoms with Gasteiger partial charge in [-0.25, -0.2) is 0 Å². The minimum atomic E-state index is -0.473. The summed E-state index contributed by atoms with van der Waals surface area (Å²) in [5, 5.41) is 26.8. The third kappa shape index (κ3) is 2.82. The highest BCUT2D eigenvalue weighted by atomic mass is 127. The van der Waals surface area contributed by atoms with E-state index in [1.54, 1.807) is 25.4 Å². The van der Waals surface area contributed by atoms with E-state index in [9.17, 15) is 10.1 Å². The van der Waals surface area contributed by atoms with E-state index in [1.165, 1.54) is 10.7 Å². The van der Waals surface area contributed by atoms with Crippen LogP contribution in [-0.4, -0.2) is 14.7 Å². The van der Waals surface area contributed by atoms with Crippen molar-refractivity contribution in [1.29, 1.82) is 5.26 Å². The van der Waals surface area contributed by atoms with E-state index in [4.69, 9.17) is 5.26 Å². The smallest absolute Gasteiger partial charge is 0.293 e. The molecule has 1 aromatic carbocycles. The van der Waals surface area contributed by atoms with E-state index in [-0.39, 0.29) is 5.69 Å². The van der Waals surface area contributed by atoms with Crippen LogP contribution in [0, 0.1) is 25.0 Å². The fourth-order valence-electron chi connectivity index (χ4n) is 1.55. The summed E-state index contributed by atoms with van der Waals surface area (Å²) in [5.41, 5.74) is 0.581. The maximum Gasteiger partial charge on any atom is 0.293 e. The predicted molar refractivity (Wildman–Crippen MR) is 77.0 cm³/mol. The zero-order valence-corrected chi connectivity index (χ0v) is 12.0. The third-order valence-electron chi connectivity index (χ3n) is 2.36. The average molecular weight is 369 g/mol. The van der Waals surface area contributed by atoms with E-state index in [2.05, 4.69) is 10.4 Å². The minimum Gasteiger partial charge on any atom is -0.332 e. The van der Waals surface area contributed by atoms with Gasteiger partial charge in [0.15, 0.2) is 5.82 Å². The number of aryl methyl sites for hydroxylation is 1. The number of aromatic nitrogens is 2. The van der Waals surface area contributed by atoms with Gasteiger partial charge in [-0.05, 0) is 34.7 Å². The van der Waals surface area contributed by atoms with Gasteiger partial charge in [0, 0.05) is 22.9 Å². The van der Waals surface area contributed by atoms with Crippen LogP contribution in [0.25, 0.3) is 0 Å². The molecule has 0 spiro atoms. The fourth-order valence-corrected chi connectivity index (χ4v) is 2.03. The molecule has 0 radical (unpaired) electrons. The molecule has 0 atom stereocenters. The molecule has 19 heavy (non-hydrogen) atoms. The number of halogens is 1. The van der Waals surface area contributed by atoms with Crippen molar-refractivity contribution in [3.05, 3.63) is 43.6 Å². The van der Waals surface area contributed by atoms with Crippen LogP contribution < -0.4 is 5.32 Å². The largest absolute Gasteiger partial charge is 0.332 e. The number of anilines is 2. The highest BCUT2D eigenvalue weighted by Gasteiger charge is 2.16. The van der Waals surface area contributed by atoms with Crippen LogP contribution in [0.1, 0.15) is 5.56 Å². The van der Waals surface area contributed by atoms with Gasteiger partial charge in [-0.3, -0.25) is 14.8 Å². The van der Waals surface area contributed by atoms with Gasteiger partial charge in [0.25, 0.3) is 5.69 Å². The molecule has 1 heterocycles. The normalized spacial score (nSPS) is 9.95. The summed E-state index contributed by atoms with van der Waals surface area (Å²) in [4.78, 5) is 10.5. The summed E-state index contributed by atoms with van der Waals surface area (Å²) in [6.45, 7) is 0. The Morgan fingerprint density at radius 3 is 2.95 bits per heavy atom. The molecule has 0 saturated heterocycles. The van der Waals surface area contributed by atoms with Gasteiger partial charge in [-0.2, -0.15) is 10.4 Å². The monoisotopic (exact) mass is 369 g/mol. The Balaban J connectivity index is 2.44. The molecule has 0 unspecified atom stereocenters. The first-order valence-corrected chi connectivity index (χ1v) is 6.24. The lowest BCUT2D eigenvalue weighted by Gasteiger charge is -2.05. The second-order valence-electron chi connectivity index (χ2n) is 3.72.